The molecule has 86 valence electrons. The van der Waals surface area contributed by atoms with Crippen molar-refractivity contribution in [3.63, 3.8) is 0 Å². The zero-order valence-corrected chi connectivity index (χ0v) is 9.76. The molecule has 0 aliphatic carbocycles. The molecule has 0 amide bonds. The van der Waals surface area contributed by atoms with Gasteiger partial charge in [0.15, 0.2) is 0 Å². The van der Waals surface area contributed by atoms with Crippen LogP contribution in [0.3, 0.4) is 0 Å². The van der Waals surface area contributed by atoms with Gasteiger partial charge in [-0.1, -0.05) is 13.8 Å². The molecule has 2 atom stereocenters. The second kappa shape index (κ2) is 9.44. The van der Waals surface area contributed by atoms with E-state index < -0.39 is 0 Å². The summed E-state index contributed by atoms with van der Waals surface area (Å²) < 4.78 is 0. The van der Waals surface area contributed by atoms with Gasteiger partial charge in [0.25, 0.3) is 0 Å². The summed E-state index contributed by atoms with van der Waals surface area (Å²) in [5.74, 6) is 0.659. The fourth-order valence-corrected chi connectivity index (χ4v) is 1.53. The third-order valence-corrected chi connectivity index (χ3v) is 2.72. The van der Waals surface area contributed by atoms with E-state index in [0.29, 0.717) is 12.0 Å². The summed E-state index contributed by atoms with van der Waals surface area (Å²) in [6, 6.07) is 0.605. The van der Waals surface area contributed by atoms with E-state index in [9.17, 15) is 0 Å². The Morgan fingerprint density at radius 1 is 1.21 bits per heavy atom. The SMILES string of the molecule is CCC(CCN)NCCCC(C)CN. The zero-order chi connectivity index (χ0) is 10.8. The second-order valence-corrected chi connectivity index (χ2v) is 4.12. The van der Waals surface area contributed by atoms with Gasteiger partial charge >= 0.3 is 0 Å². The van der Waals surface area contributed by atoms with E-state index in [-0.39, 0.29) is 0 Å². The van der Waals surface area contributed by atoms with Crippen molar-refractivity contribution in [2.75, 3.05) is 19.6 Å². The van der Waals surface area contributed by atoms with Crippen molar-refractivity contribution < 1.29 is 0 Å². The van der Waals surface area contributed by atoms with Gasteiger partial charge in [-0.05, 0) is 51.2 Å². The van der Waals surface area contributed by atoms with E-state index in [2.05, 4.69) is 19.2 Å². The molecule has 0 heterocycles. The minimum Gasteiger partial charge on any atom is -0.330 e. The van der Waals surface area contributed by atoms with E-state index in [4.69, 9.17) is 11.5 Å². The van der Waals surface area contributed by atoms with Crippen molar-refractivity contribution in [3.05, 3.63) is 0 Å². The lowest BCUT2D eigenvalue weighted by molar-refractivity contribution is 0.440. The molecule has 14 heavy (non-hydrogen) atoms. The molecule has 3 nitrogen and oxygen atoms in total. The quantitative estimate of drug-likeness (QED) is 0.489. The Hall–Kier alpha value is -0.120. The van der Waals surface area contributed by atoms with Crippen LogP contribution in [-0.4, -0.2) is 25.7 Å². The Morgan fingerprint density at radius 3 is 2.43 bits per heavy atom. The minimum atomic E-state index is 0.605. The topological polar surface area (TPSA) is 64.1 Å². The summed E-state index contributed by atoms with van der Waals surface area (Å²) >= 11 is 0. The Balaban J connectivity index is 3.32. The van der Waals surface area contributed by atoms with Crippen molar-refractivity contribution in [2.45, 2.75) is 45.6 Å². The predicted molar refractivity (Wildman–Crippen MR) is 63.2 cm³/mol. The van der Waals surface area contributed by atoms with Crippen molar-refractivity contribution in [1.82, 2.24) is 5.32 Å². The van der Waals surface area contributed by atoms with E-state index >= 15 is 0 Å². The molecule has 0 saturated carbocycles. The number of hydrogen-bond donors (Lipinski definition) is 3. The molecule has 5 N–H and O–H groups in total. The first-order chi connectivity index (χ1) is 6.74. The molecule has 2 unspecified atom stereocenters. The molecule has 0 bridgehead atoms. The normalized spacial score (nSPS) is 15.4. The fraction of sp³-hybridized carbons (Fsp3) is 1.00. The lowest BCUT2D eigenvalue weighted by Gasteiger charge is -2.16. The standard InChI is InChI=1S/C11H27N3/c1-3-11(6-7-12)14-8-4-5-10(2)9-13/h10-11,14H,3-9,12-13H2,1-2H3. The average Bonchev–Trinajstić information content (AvgIpc) is 2.22. The summed E-state index contributed by atoms with van der Waals surface area (Å²) in [4.78, 5) is 0. The molecule has 0 aliphatic heterocycles. The molecule has 0 radical (unpaired) electrons. The summed E-state index contributed by atoms with van der Waals surface area (Å²) in [7, 11) is 0. The molecule has 0 fully saturated rings. The van der Waals surface area contributed by atoms with Crippen LogP contribution in [0.1, 0.15) is 39.5 Å². The van der Waals surface area contributed by atoms with Crippen molar-refractivity contribution >= 4 is 0 Å². The Labute approximate surface area is 88.6 Å². The van der Waals surface area contributed by atoms with Gasteiger partial charge in [0.1, 0.15) is 0 Å². The van der Waals surface area contributed by atoms with E-state index in [1.807, 2.05) is 0 Å². The Bertz CT molecular complexity index is 117. The van der Waals surface area contributed by atoms with Gasteiger partial charge in [-0.15, -0.1) is 0 Å². The van der Waals surface area contributed by atoms with Crippen LogP contribution in [0.4, 0.5) is 0 Å². The van der Waals surface area contributed by atoms with Crippen molar-refractivity contribution in [2.24, 2.45) is 17.4 Å². The van der Waals surface area contributed by atoms with Gasteiger partial charge in [-0.25, -0.2) is 0 Å². The lowest BCUT2D eigenvalue weighted by atomic mass is 10.1. The first kappa shape index (κ1) is 13.9. The van der Waals surface area contributed by atoms with Gasteiger partial charge in [-0.2, -0.15) is 0 Å². The Kier molecular flexibility index (Phi) is 9.35. The smallest absolute Gasteiger partial charge is 0.00764 e. The molecular weight excluding hydrogens is 174 g/mol. The van der Waals surface area contributed by atoms with E-state index in [1.54, 1.807) is 0 Å². The highest BCUT2D eigenvalue weighted by molar-refractivity contribution is 4.65. The van der Waals surface area contributed by atoms with Crippen LogP contribution in [-0.2, 0) is 0 Å². The largest absolute Gasteiger partial charge is 0.330 e. The molecule has 0 aromatic rings. The van der Waals surface area contributed by atoms with E-state index in [0.717, 1.165) is 26.1 Å². The first-order valence-electron chi connectivity index (χ1n) is 5.88. The predicted octanol–water partition coefficient (Wildman–Crippen LogP) is 1.08. The van der Waals surface area contributed by atoms with Crippen LogP contribution >= 0.6 is 0 Å². The molecule has 0 spiro atoms. The van der Waals surface area contributed by atoms with Gasteiger partial charge in [0.2, 0.25) is 0 Å². The van der Waals surface area contributed by atoms with Gasteiger partial charge in [-0.3, -0.25) is 0 Å². The zero-order valence-electron chi connectivity index (χ0n) is 9.76. The molecule has 0 rings (SSSR count). The van der Waals surface area contributed by atoms with Crippen LogP contribution in [0.2, 0.25) is 0 Å². The monoisotopic (exact) mass is 201 g/mol. The third kappa shape index (κ3) is 7.30. The molecule has 0 aromatic carbocycles. The van der Waals surface area contributed by atoms with Gasteiger partial charge in [0, 0.05) is 6.04 Å². The van der Waals surface area contributed by atoms with Crippen molar-refractivity contribution in [1.29, 1.82) is 0 Å². The maximum atomic E-state index is 5.55. The maximum Gasteiger partial charge on any atom is 0.00764 e. The maximum absolute atomic E-state index is 5.55. The molecule has 3 heteroatoms. The summed E-state index contributed by atoms with van der Waals surface area (Å²) in [5, 5.41) is 3.53. The molecule has 0 aliphatic rings. The highest BCUT2D eigenvalue weighted by Gasteiger charge is 2.04. The molecule has 0 aromatic heterocycles. The van der Waals surface area contributed by atoms with Crippen LogP contribution in [0, 0.1) is 5.92 Å². The van der Waals surface area contributed by atoms with Crippen molar-refractivity contribution in [3.8, 4) is 0 Å². The lowest BCUT2D eigenvalue weighted by Crippen LogP contribution is -2.31. The second-order valence-electron chi connectivity index (χ2n) is 4.12. The fourth-order valence-electron chi connectivity index (χ4n) is 1.53. The number of hydrogen-bond acceptors (Lipinski definition) is 3. The average molecular weight is 201 g/mol. The minimum absolute atomic E-state index is 0.605. The van der Waals surface area contributed by atoms with E-state index in [1.165, 1.54) is 19.3 Å². The molecule has 0 saturated heterocycles. The number of rotatable bonds is 9. The summed E-state index contributed by atoms with van der Waals surface area (Å²) in [5.41, 5.74) is 11.1. The van der Waals surface area contributed by atoms with Gasteiger partial charge < -0.3 is 16.8 Å². The van der Waals surface area contributed by atoms with Crippen LogP contribution in [0.25, 0.3) is 0 Å². The van der Waals surface area contributed by atoms with Gasteiger partial charge in [0.05, 0.1) is 0 Å². The summed E-state index contributed by atoms with van der Waals surface area (Å²) in [6.45, 7) is 7.10. The highest BCUT2D eigenvalue weighted by atomic mass is 14.9. The summed E-state index contributed by atoms with van der Waals surface area (Å²) in [6.07, 6.45) is 4.70. The highest BCUT2D eigenvalue weighted by Crippen LogP contribution is 2.03. The van der Waals surface area contributed by atoms with Crippen LogP contribution < -0.4 is 16.8 Å². The van der Waals surface area contributed by atoms with Crippen LogP contribution in [0.15, 0.2) is 0 Å². The van der Waals surface area contributed by atoms with Crippen LogP contribution in [0.5, 0.6) is 0 Å². The first-order valence-corrected chi connectivity index (χ1v) is 5.88. The Morgan fingerprint density at radius 2 is 1.93 bits per heavy atom. The molecular formula is C11H27N3. The number of nitrogens with two attached hydrogens (primary N) is 2. The number of nitrogens with one attached hydrogen (secondary N) is 1. The third-order valence-electron chi connectivity index (χ3n) is 2.72.